The van der Waals surface area contributed by atoms with Crippen molar-refractivity contribution >= 4 is 22.8 Å². The molecular formula is C20H28ClNO2. The molecule has 0 radical (unpaired) electrons. The van der Waals surface area contributed by atoms with Crippen LogP contribution in [0.25, 0.3) is 0 Å². The van der Waals surface area contributed by atoms with Crippen LogP contribution in [-0.2, 0) is 0 Å². The summed E-state index contributed by atoms with van der Waals surface area (Å²) >= 11 is 5.29. The minimum absolute atomic E-state index is 0. The largest absolute Gasteiger partial charge is 0.366 e. The first-order valence-corrected chi connectivity index (χ1v) is 7.24. The maximum Gasteiger partial charge on any atom is 0.252 e. The van der Waals surface area contributed by atoms with Crippen molar-refractivity contribution in [1.29, 1.82) is 0 Å². The quantitative estimate of drug-likeness (QED) is 0.742. The Morgan fingerprint density at radius 1 is 0.750 bits per heavy atom. The molecule has 2 aromatic rings. The van der Waals surface area contributed by atoms with E-state index in [0.29, 0.717) is 11.1 Å². The van der Waals surface area contributed by atoms with Crippen molar-refractivity contribution in [3.8, 4) is 0 Å². The molecule has 0 fully saturated rings. The molecule has 0 aromatic heterocycles. The van der Waals surface area contributed by atoms with Gasteiger partial charge in [-0.25, -0.2) is 0 Å². The van der Waals surface area contributed by atoms with Gasteiger partial charge >= 0.3 is 0 Å². The first kappa shape index (κ1) is 24.1. The van der Waals surface area contributed by atoms with Gasteiger partial charge in [0.15, 0.2) is 0 Å². The zero-order chi connectivity index (χ0) is 16.9. The molecule has 0 heterocycles. The Labute approximate surface area is 150 Å². The van der Waals surface area contributed by atoms with Gasteiger partial charge in [0.25, 0.3) is 5.24 Å². The summed E-state index contributed by atoms with van der Waals surface area (Å²) in [5, 5.41) is -0.395. The lowest BCUT2D eigenvalue weighted by atomic mass is 10.1. The molecule has 0 bridgehead atoms. The second kappa shape index (κ2) is 10.6. The van der Waals surface area contributed by atoms with Crippen LogP contribution in [0.1, 0.15) is 57.8 Å². The second-order valence-electron chi connectivity index (χ2n) is 5.24. The molecule has 3 nitrogen and oxygen atoms in total. The van der Waals surface area contributed by atoms with Gasteiger partial charge in [0, 0.05) is 11.1 Å². The second-order valence-corrected chi connectivity index (χ2v) is 5.58. The van der Waals surface area contributed by atoms with Gasteiger partial charge in [0.1, 0.15) is 0 Å². The average Bonchev–Trinajstić information content (AvgIpc) is 2.45. The van der Waals surface area contributed by atoms with E-state index in [1.54, 1.807) is 24.3 Å². The van der Waals surface area contributed by atoms with Crippen LogP contribution < -0.4 is 5.73 Å². The van der Waals surface area contributed by atoms with E-state index in [0.717, 1.165) is 11.1 Å². The number of hydrogen-bond donors (Lipinski definition) is 1. The van der Waals surface area contributed by atoms with Crippen LogP contribution in [0.3, 0.4) is 0 Å². The monoisotopic (exact) mass is 349 g/mol. The van der Waals surface area contributed by atoms with Gasteiger partial charge in [-0.3, -0.25) is 9.59 Å². The van der Waals surface area contributed by atoms with Crippen LogP contribution in [0.2, 0.25) is 0 Å². The number of nitrogens with two attached hydrogens (primary N) is 1. The molecule has 0 aliphatic heterocycles. The van der Waals surface area contributed by atoms with Crippen LogP contribution >= 0.6 is 11.6 Å². The van der Waals surface area contributed by atoms with Crippen molar-refractivity contribution < 1.29 is 9.59 Å². The Kier molecular flexibility index (Phi) is 10.7. The number of primary amides is 1. The third-order valence-electron chi connectivity index (χ3n) is 3.53. The van der Waals surface area contributed by atoms with E-state index in [1.165, 1.54) is 11.1 Å². The molecule has 2 rings (SSSR count). The Balaban J connectivity index is 0. The van der Waals surface area contributed by atoms with Gasteiger partial charge in [0.05, 0.1) is 0 Å². The highest BCUT2D eigenvalue weighted by Crippen LogP contribution is 2.11. The van der Waals surface area contributed by atoms with Gasteiger partial charge in [0.2, 0.25) is 5.91 Å². The summed E-state index contributed by atoms with van der Waals surface area (Å²) in [6, 6.07) is 10.9. The van der Waals surface area contributed by atoms with Gasteiger partial charge < -0.3 is 5.73 Å². The SMILES string of the molecule is C.C.Cc1ccc(C(=O)Cl)cc1C.Cc1ccc(C(N)=O)cc1C. The van der Waals surface area contributed by atoms with E-state index < -0.39 is 5.24 Å². The lowest BCUT2D eigenvalue weighted by Gasteiger charge is -2.00. The number of hydrogen-bond acceptors (Lipinski definition) is 2. The lowest BCUT2D eigenvalue weighted by molar-refractivity contribution is 0.0999. The van der Waals surface area contributed by atoms with E-state index in [2.05, 4.69) is 0 Å². The molecule has 0 atom stereocenters. The highest BCUT2D eigenvalue weighted by Gasteiger charge is 2.01. The predicted octanol–water partition coefficient (Wildman–Crippen LogP) is 5.36. The standard InChI is InChI=1S/C9H9ClO.C9H11NO.2CH4/c2*1-6-3-4-8(9(10)11)5-7(6)2;;/h3-5H,1-2H3;3-5H,1-2H3,(H2,10,11);2*1H4. The highest BCUT2D eigenvalue weighted by atomic mass is 35.5. The summed E-state index contributed by atoms with van der Waals surface area (Å²) < 4.78 is 0. The van der Waals surface area contributed by atoms with Crippen molar-refractivity contribution in [3.05, 3.63) is 69.8 Å². The molecular weight excluding hydrogens is 322 g/mol. The number of rotatable bonds is 2. The van der Waals surface area contributed by atoms with Gasteiger partial charge in [-0.05, 0) is 85.8 Å². The topological polar surface area (TPSA) is 60.2 Å². The summed E-state index contributed by atoms with van der Waals surface area (Å²) in [5.41, 5.74) is 10.8. The number of benzene rings is 2. The predicted molar refractivity (Wildman–Crippen MR) is 104 cm³/mol. The van der Waals surface area contributed by atoms with Gasteiger partial charge in [-0.2, -0.15) is 0 Å². The molecule has 0 aliphatic rings. The molecule has 0 aliphatic carbocycles. The lowest BCUT2D eigenvalue weighted by Crippen LogP contribution is -2.10. The highest BCUT2D eigenvalue weighted by molar-refractivity contribution is 6.67. The molecule has 4 heteroatoms. The number of carbonyl (C=O) groups excluding carboxylic acids is 2. The minimum Gasteiger partial charge on any atom is -0.366 e. The fraction of sp³-hybridized carbons (Fsp3) is 0.300. The molecule has 2 N–H and O–H groups in total. The van der Waals surface area contributed by atoms with Crippen molar-refractivity contribution in [2.75, 3.05) is 0 Å². The van der Waals surface area contributed by atoms with Gasteiger partial charge in [-0.1, -0.05) is 27.0 Å². The fourth-order valence-corrected chi connectivity index (χ4v) is 1.88. The molecule has 132 valence electrons. The van der Waals surface area contributed by atoms with E-state index in [-0.39, 0.29) is 20.8 Å². The van der Waals surface area contributed by atoms with Gasteiger partial charge in [-0.15, -0.1) is 0 Å². The maximum atomic E-state index is 10.7. The zero-order valence-electron chi connectivity index (χ0n) is 13.2. The van der Waals surface area contributed by atoms with Crippen molar-refractivity contribution in [3.63, 3.8) is 0 Å². The first-order valence-electron chi connectivity index (χ1n) is 6.86. The Morgan fingerprint density at radius 2 is 1.12 bits per heavy atom. The van der Waals surface area contributed by atoms with E-state index in [1.807, 2.05) is 39.8 Å². The minimum atomic E-state index is -0.395. The maximum absolute atomic E-state index is 10.7. The fourth-order valence-electron chi connectivity index (χ4n) is 1.76. The summed E-state index contributed by atoms with van der Waals surface area (Å²) in [7, 11) is 0. The normalized spacial score (nSPS) is 8.88. The summed E-state index contributed by atoms with van der Waals surface area (Å²) in [4.78, 5) is 21.4. The molecule has 0 unspecified atom stereocenters. The van der Waals surface area contributed by atoms with Crippen LogP contribution in [0.15, 0.2) is 36.4 Å². The van der Waals surface area contributed by atoms with Crippen LogP contribution in [0, 0.1) is 27.7 Å². The molecule has 1 amide bonds. The summed E-state index contributed by atoms with van der Waals surface area (Å²) in [5.74, 6) is -0.367. The molecule has 0 saturated carbocycles. The van der Waals surface area contributed by atoms with Crippen molar-refractivity contribution in [1.82, 2.24) is 0 Å². The summed E-state index contributed by atoms with van der Waals surface area (Å²) in [6.07, 6.45) is 0. The number of halogens is 1. The summed E-state index contributed by atoms with van der Waals surface area (Å²) in [6.45, 7) is 7.92. The third-order valence-corrected chi connectivity index (χ3v) is 3.74. The molecule has 2 aromatic carbocycles. The van der Waals surface area contributed by atoms with E-state index in [4.69, 9.17) is 17.3 Å². The number of amides is 1. The molecule has 0 spiro atoms. The van der Waals surface area contributed by atoms with Crippen LogP contribution in [0.5, 0.6) is 0 Å². The molecule has 24 heavy (non-hydrogen) atoms. The van der Waals surface area contributed by atoms with Crippen molar-refractivity contribution in [2.24, 2.45) is 5.73 Å². The Morgan fingerprint density at radius 3 is 1.46 bits per heavy atom. The number of carbonyl (C=O) groups is 2. The molecule has 0 saturated heterocycles. The van der Waals surface area contributed by atoms with E-state index in [9.17, 15) is 9.59 Å². The van der Waals surface area contributed by atoms with Crippen LogP contribution in [0.4, 0.5) is 0 Å². The number of aryl methyl sites for hydroxylation is 4. The smallest absolute Gasteiger partial charge is 0.252 e. The Hall–Kier alpha value is -2.13. The van der Waals surface area contributed by atoms with Crippen LogP contribution in [-0.4, -0.2) is 11.1 Å². The van der Waals surface area contributed by atoms with E-state index >= 15 is 0 Å². The first-order chi connectivity index (χ1) is 10.2. The zero-order valence-corrected chi connectivity index (χ0v) is 14.0. The van der Waals surface area contributed by atoms with Crippen molar-refractivity contribution in [2.45, 2.75) is 42.5 Å². The Bertz CT molecular complexity index is 647. The third kappa shape index (κ3) is 6.97. The average molecular weight is 350 g/mol.